The second-order valence-corrected chi connectivity index (χ2v) is 5.45. The van der Waals surface area contributed by atoms with Crippen molar-refractivity contribution >= 4 is 17.7 Å². The summed E-state index contributed by atoms with van der Waals surface area (Å²) in [4.78, 5) is 36.0. The number of hydrogen-bond donors (Lipinski definition) is 3. The highest BCUT2D eigenvalue weighted by atomic mass is 16.2. The monoisotopic (exact) mass is 322 g/mol. The van der Waals surface area contributed by atoms with Crippen molar-refractivity contribution in [2.45, 2.75) is 32.6 Å². The molecule has 0 spiro atoms. The van der Waals surface area contributed by atoms with E-state index in [2.05, 4.69) is 16.0 Å². The lowest BCUT2D eigenvalue weighted by molar-refractivity contribution is -0.121. The normalized spacial score (nSPS) is 13.3. The number of nitrogens with one attached hydrogen (secondary N) is 3. The van der Waals surface area contributed by atoms with Crippen LogP contribution in [0.1, 0.15) is 32.6 Å². The van der Waals surface area contributed by atoms with Crippen molar-refractivity contribution in [3.8, 4) is 0 Å². The van der Waals surface area contributed by atoms with Crippen molar-refractivity contribution in [3.05, 3.63) is 24.0 Å². The first-order chi connectivity index (χ1) is 11.0. The van der Waals surface area contributed by atoms with Crippen LogP contribution in [-0.2, 0) is 14.4 Å². The summed E-state index contributed by atoms with van der Waals surface area (Å²) in [5, 5.41) is 8.27. The molecule has 7 nitrogen and oxygen atoms in total. The van der Waals surface area contributed by atoms with E-state index in [1.165, 1.54) is 6.92 Å². The van der Waals surface area contributed by atoms with Gasteiger partial charge in [0.05, 0.1) is 0 Å². The Balaban J connectivity index is 2.04. The molecule has 1 aliphatic rings. The van der Waals surface area contributed by atoms with Crippen molar-refractivity contribution in [1.82, 2.24) is 20.9 Å². The topological polar surface area (TPSA) is 90.5 Å². The van der Waals surface area contributed by atoms with E-state index in [0.29, 0.717) is 45.3 Å². The predicted molar refractivity (Wildman–Crippen MR) is 88.2 cm³/mol. The molecule has 0 aromatic carbocycles. The van der Waals surface area contributed by atoms with Crippen LogP contribution < -0.4 is 16.0 Å². The minimum atomic E-state index is -0.0862. The largest absolute Gasteiger partial charge is 0.357 e. The molecule has 0 fully saturated rings. The van der Waals surface area contributed by atoms with Crippen molar-refractivity contribution in [2.75, 3.05) is 26.7 Å². The lowest BCUT2D eigenvalue weighted by Crippen LogP contribution is -2.30. The van der Waals surface area contributed by atoms with Gasteiger partial charge in [-0.05, 0) is 25.5 Å². The third-order valence-corrected chi connectivity index (χ3v) is 3.25. The summed E-state index contributed by atoms with van der Waals surface area (Å²) in [6.07, 6.45) is 7.96. The van der Waals surface area contributed by atoms with Gasteiger partial charge in [0.25, 0.3) is 0 Å². The second kappa shape index (κ2) is 10.4. The SMILES string of the molecule is CC(=O)NCCCNC(=O)CCCNC(=O)C1=CN(C)C=CC1. The van der Waals surface area contributed by atoms with Crippen LogP contribution >= 0.6 is 0 Å². The molecule has 0 saturated carbocycles. The van der Waals surface area contributed by atoms with E-state index in [-0.39, 0.29) is 17.7 Å². The van der Waals surface area contributed by atoms with Crippen LogP contribution in [0.5, 0.6) is 0 Å². The molecule has 0 aliphatic carbocycles. The van der Waals surface area contributed by atoms with Crippen LogP contribution in [0.3, 0.4) is 0 Å². The molecule has 0 unspecified atom stereocenters. The Morgan fingerprint density at radius 1 is 1.09 bits per heavy atom. The molecule has 0 saturated heterocycles. The minimum Gasteiger partial charge on any atom is -0.357 e. The molecule has 23 heavy (non-hydrogen) atoms. The zero-order valence-corrected chi connectivity index (χ0v) is 13.9. The molecular formula is C16H26N4O3. The van der Waals surface area contributed by atoms with E-state index >= 15 is 0 Å². The molecular weight excluding hydrogens is 296 g/mol. The molecule has 3 N–H and O–H groups in total. The number of carbonyl (C=O) groups excluding carboxylic acids is 3. The van der Waals surface area contributed by atoms with Gasteiger partial charge in [0.15, 0.2) is 0 Å². The molecule has 1 rings (SSSR count). The minimum absolute atomic E-state index is 0.0402. The molecule has 3 amide bonds. The molecule has 0 aromatic rings. The fourth-order valence-corrected chi connectivity index (χ4v) is 2.07. The zero-order valence-electron chi connectivity index (χ0n) is 13.9. The summed E-state index contributed by atoms with van der Waals surface area (Å²) >= 11 is 0. The quantitative estimate of drug-likeness (QED) is 0.531. The Bertz CT molecular complexity index is 486. The maximum atomic E-state index is 11.9. The maximum absolute atomic E-state index is 11.9. The maximum Gasteiger partial charge on any atom is 0.248 e. The number of nitrogens with zero attached hydrogens (tertiary/aromatic N) is 1. The fraction of sp³-hybridized carbons (Fsp3) is 0.562. The summed E-state index contributed by atoms with van der Waals surface area (Å²) in [7, 11) is 1.87. The molecule has 1 heterocycles. The van der Waals surface area contributed by atoms with Crippen LogP contribution in [0, 0.1) is 0 Å². The van der Waals surface area contributed by atoms with Crippen molar-refractivity contribution in [1.29, 1.82) is 0 Å². The molecule has 0 aromatic heterocycles. The van der Waals surface area contributed by atoms with Crippen molar-refractivity contribution < 1.29 is 14.4 Å². The summed E-state index contributed by atoms with van der Waals surface area (Å²) in [6.45, 7) is 3.04. The average molecular weight is 322 g/mol. The number of amides is 3. The molecule has 128 valence electrons. The highest BCUT2D eigenvalue weighted by molar-refractivity contribution is 5.93. The van der Waals surface area contributed by atoms with Crippen LogP contribution in [0.25, 0.3) is 0 Å². The first kappa shape index (κ1) is 18.7. The second-order valence-electron chi connectivity index (χ2n) is 5.45. The summed E-state index contributed by atoms with van der Waals surface area (Å²) in [5.74, 6) is -0.194. The Morgan fingerprint density at radius 2 is 1.78 bits per heavy atom. The first-order valence-corrected chi connectivity index (χ1v) is 7.87. The third kappa shape index (κ3) is 8.65. The van der Waals surface area contributed by atoms with E-state index < -0.39 is 0 Å². The van der Waals surface area contributed by atoms with Crippen LogP contribution in [-0.4, -0.2) is 49.3 Å². The zero-order chi connectivity index (χ0) is 17.1. The molecule has 1 aliphatic heterocycles. The van der Waals surface area contributed by atoms with Crippen molar-refractivity contribution in [2.24, 2.45) is 0 Å². The predicted octanol–water partition coefficient (Wildman–Crippen LogP) is 0.258. The fourth-order valence-electron chi connectivity index (χ4n) is 2.07. The van der Waals surface area contributed by atoms with Gasteiger partial charge in [-0.2, -0.15) is 0 Å². The van der Waals surface area contributed by atoms with Crippen LogP contribution in [0.2, 0.25) is 0 Å². The molecule has 7 heteroatoms. The third-order valence-electron chi connectivity index (χ3n) is 3.25. The van der Waals surface area contributed by atoms with E-state index in [1.54, 1.807) is 6.20 Å². The first-order valence-electron chi connectivity index (χ1n) is 7.87. The molecule has 0 bridgehead atoms. The Morgan fingerprint density at radius 3 is 2.48 bits per heavy atom. The van der Waals surface area contributed by atoms with E-state index in [9.17, 15) is 14.4 Å². The number of allylic oxidation sites excluding steroid dienone is 1. The average Bonchev–Trinajstić information content (AvgIpc) is 2.50. The van der Waals surface area contributed by atoms with Gasteiger partial charge in [0, 0.05) is 51.8 Å². The standard InChI is InChI=1S/C16H26N4O3/c1-13(21)17-9-5-10-18-15(22)7-3-8-19-16(23)14-6-4-11-20(2)12-14/h4,11-12H,3,5-10H2,1-2H3,(H,17,21)(H,18,22)(H,19,23). The number of rotatable bonds is 9. The Labute approximate surface area is 137 Å². The van der Waals surface area contributed by atoms with Gasteiger partial charge >= 0.3 is 0 Å². The number of carbonyl (C=O) groups is 3. The molecule has 0 radical (unpaired) electrons. The van der Waals surface area contributed by atoms with E-state index in [4.69, 9.17) is 0 Å². The Hall–Kier alpha value is -2.31. The van der Waals surface area contributed by atoms with E-state index in [1.807, 2.05) is 24.2 Å². The van der Waals surface area contributed by atoms with Crippen molar-refractivity contribution in [3.63, 3.8) is 0 Å². The van der Waals surface area contributed by atoms with Gasteiger partial charge in [0.1, 0.15) is 0 Å². The van der Waals surface area contributed by atoms with Gasteiger partial charge in [-0.3, -0.25) is 14.4 Å². The smallest absolute Gasteiger partial charge is 0.248 e. The highest BCUT2D eigenvalue weighted by Gasteiger charge is 2.11. The van der Waals surface area contributed by atoms with E-state index in [0.717, 1.165) is 5.57 Å². The van der Waals surface area contributed by atoms with Gasteiger partial charge in [-0.25, -0.2) is 0 Å². The van der Waals surface area contributed by atoms with Crippen LogP contribution in [0.15, 0.2) is 24.0 Å². The summed E-state index contributed by atoms with van der Waals surface area (Å²) < 4.78 is 0. The summed E-state index contributed by atoms with van der Waals surface area (Å²) in [5.41, 5.74) is 0.720. The molecule has 0 atom stereocenters. The van der Waals surface area contributed by atoms with Gasteiger partial charge in [0.2, 0.25) is 17.7 Å². The van der Waals surface area contributed by atoms with Gasteiger partial charge in [-0.1, -0.05) is 6.08 Å². The number of hydrogen-bond acceptors (Lipinski definition) is 4. The lowest BCUT2D eigenvalue weighted by atomic mass is 10.1. The summed E-state index contributed by atoms with van der Waals surface area (Å²) in [6, 6.07) is 0. The highest BCUT2D eigenvalue weighted by Crippen LogP contribution is 2.10. The van der Waals surface area contributed by atoms with Gasteiger partial charge < -0.3 is 20.9 Å². The lowest BCUT2D eigenvalue weighted by Gasteiger charge is -2.16. The van der Waals surface area contributed by atoms with Crippen LogP contribution in [0.4, 0.5) is 0 Å². The Kier molecular flexibility index (Phi) is 8.49. The van der Waals surface area contributed by atoms with Gasteiger partial charge in [-0.15, -0.1) is 0 Å².